The molecule has 0 radical (unpaired) electrons. The van der Waals surface area contributed by atoms with Crippen molar-refractivity contribution in [1.29, 1.82) is 0 Å². The molecule has 1 aromatic rings. The third-order valence-electron chi connectivity index (χ3n) is 6.76. The number of fused-ring (bicyclic) bond motifs is 1. The molecule has 2 N–H and O–H groups in total. The summed E-state index contributed by atoms with van der Waals surface area (Å²) in [5.74, 6) is 1.82. The number of piperazine rings is 1. The SMILES string of the molecule is COc1ccc(OCC[NH+]2CC[NH+](CN3C(=O)[C@@H]4CCCC[C@H]4C3=O)CC2)cc1. The zero-order valence-corrected chi connectivity index (χ0v) is 17.3. The minimum Gasteiger partial charge on any atom is -0.497 e. The van der Waals surface area contributed by atoms with Crippen molar-refractivity contribution in [3.63, 3.8) is 0 Å². The highest BCUT2D eigenvalue weighted by Crippen LogP contribution is 2.37. The molecular formula is C22H33N3O4+2. The molecular weight excluding hydrogens is 370 g/mol. The number of carbonyl (C=O) groups excluding carboxylic acids is 2. The van der Waals surface area contributed by atoms with Crippen LogP contribution >= 0.6 is 0 Å². The zero-order valence-electron chi connectivity index (χ0n) is 17.3. The van der Waals surface area contributed by atoms with Gasteiger partial charge in [0.25, 0.3) is 0 Å². The van der Waals surface area contributed by atoms with Crippen LogP contribution in [0.5, 0.6) is 11.5 Å². The summed E-state index contributed by atoms with van der Waals surface area (Å²) in [4.78, 5) is 29.8. The number of amides is 2. The van der Waals surface area contributed by atoms with E-state index >= 15 is 0 Å². The van der Waals surface area contributed by atoms with Crippen LogP contribution in [0.25, 0.3) is 0 Å². The predicted octanol–water partition coefficient (Wildman–Crippen LogP) is -1.01. The molecule has 0 bridgehead atoms. The van der Waals surface area contributed by atoms with Crippen LogP contribution in [0.1, 0.15) is 25.7 Å². The van der Waals surface area contributed by atoms with Crippen LogP contribution in [0, 0.1) is 11.8 Å². The number of benzene rings is 1. The van der Waals surface area contributed by atoms with Crippen LogP contribution in [-0.2, 0) is 9.59 Å². The van der Waals surface area contributed by atoms with Crippen molar-refractivity contribution >= 4 is 11.8 Å². The molecule has 0 unspecified atom stereocenters. The number of quaternary nitrogens is 2. The van der Waals surface area contributed by atoms with Crippen molar-refractivity contribution in [1.82, 2.24) is 4.90 Å². The summed E-state index contributed by atoms with van der Waals surface area (Å²) in [5.41, 5.74) is 0. The fourth-order valence-electron chi connectivity index (χ4n) is 4.96. The number of nitrogens with zero attached hydrogens (tertiary/aromatic N) is 1. The van der Waals surface area contributed by atoms with Gasteiger partial charge in [0.15, 0.2) is 6.67 Å². The Bertz CT molecular complexity index is 691. The molecule has 0 spiro atoms. The van der Waals surface area contributed by atoms with E-state index in [0.29, 0.717) is 13.3 Å². The van der Waals surface area contributed by atoms with E-state index in [9.17, 15) is 9.59 Å². The number of methoxy groups -OCH3 is 1. The van der Waals surface area contributed by atoms with E-state index in [0.717, 1.165) is 69.9 Å². The number of hydrogen-bond acceptors (Lipinski definition) is 4. The van der Waals surface area contributed by atoms with Crippen molar-refractivity contribution in [3.05, 3.63) is 24.3 Å². The van der Waals surface area contributed by atoms with Crippen LogP contribution in [0.15, 0.2) is 24.3 Å². The van der Waals surface area contributed by atoms with Gasteiger partial charge < -0.3 is 19.3 Å². The van der Waals surface area contributed by atoms with Gasteiger partial charge in [-0.1, -0.05) is 12.8 Å². The quantitative estimate of drug-likeness (QED) is 0.573. The van der Waals surface area contributed by atoms with Gasteiger partial charge in [0.2, 0.25) is 11.8 Å². The maximum atomic E-state index is 12.7. The number of ether oxygens (including phenoxy) is 2. The minimum atomic E-state index is -0.0299. The summed E-state index contributed by atoms with van der Waals surface area (Å²) in [6.45, 7) is 6.28. The normalized spacial score (nSPS) is 29.6. The molecule has 1 saturated carbocycles. The van der Waals surface area contributed by atoms with E-state index < -0.39 is 0 Å². The van der Waals surface area contributed by atoms with Gasteiger partial charge >= 0.3 is 0 Å². The molecule has 7 nitrogen and oxygen atoms in total. The first-order valence-corrected chi connectivity index (χ1v) is 10.9. The first kappa shape index (κ1) is 20.2. The Labute approximate surface area is 172 Å². The Morgan fingerprint density at radius 3 is 2.03 bits per heavy atom. The second kappa shape index (κ2) is 9.13. The first-order valence-electron chi connectivity index (χ1n) is 10.9. The average Bonchev–Trinajstić information content (AvgIpc) is 3.00. The molecule has 0 aromatic heterocycles. The third-order valence-corrected chi connectivity index (χ3v) is 6.76. The summed E-state index contributed by atoms with van der Waals surface area (Å²) in [5, 5.41) is 0. The lowest BCUT2D eigenvalue weighted by atomic mass is 9.81. The summed E-state index contributed by atoms with van der Waals surface area (Å²) in [6.07, 6.45) is 3.96. The number of likely N-dealkylation sites (tertiary alicyclic amines) is 1. The highest BCUT2D eigenvalue weighted by Gasteiger charge is 2.49. The average molecular weight is 404 g/mol. The van der Waals surface area contributed by atoms with Crippen molar-refractivity contribution in [3.8, 4) is 11.5 Å². The second-order valence-corrected chi connectivity index (χ2v) is 8.53. The summed E-state index contributed by atoms with van der Waals surface area (Å²) in [6, 6.07) is 7.67. The van der Waals surface area contributed by atoms with Gasteiger partial charge in [0.1, 0.15) is 50.8 Å². The molecule has 7 heteroatoms. The van der Waals surface area contributed by atoms with Crippen molar-refractivity contribution in [2.24, 2.45) is 11.8 Å². The highest BCUT2D eigenvalue weighted by molar-refractivity contribution is 6.05. The van der Waals surface area contributed by atoms with Crippen molar-refractivity contribution in [2.45, 2.75) is 25.7 Å². The van der Waals surface area contributed by atoms with Crippen LogP contribution in [-0.4, -0.2) is 69.8 Å². The number of nitrogens with one attached hydrogen (secondary N) is 2. The summed E-state index contributed by atoms with van der Waals surface area (Å²) >= 11 is 0. The van der Waals surface area contributed by atoms with Gasteiger partial charge in [0.05, 0.1) is 18.9 Å². The molecule has 2 atom stereocenters. The Kier molecular flexibility index (Phi) is 6.35. The molecule has 158 valence electrons. The Morgan fingerprint density at radius 1 is 0.897 bits per heavy atom. The smallest absolute Gasteiger partial charge is 0.237 e. The summed E-state index contributed by atoms with van der Waals surface area (Å²) < 4.78 is 11.0. The molecule has 29 heavy (non-hydrogen) atoms. The van der Waals surface area contributed by atoms with Gasteiger partial charge in [-0.2, -0.15) is 0 Å². The van der Waals surface area contributed by atoms with Crippen LogP contribution in [0.3, 0.4) is 0 Å². The van der Waals surface area contributed by atoms with E-state index in [-0.39, 0.29) is 23.7 Å². The topological polar surface area (TPSA) is 64.7 Å². The van der Waals surface area contributed by atoms with Crippen molar-refractivity contribution < 1.29 is 28.9 Å². The fraction of sp³-hybridized carbons (Fsp3) is 0.636. The van der Waals surface area contributed by atoms with E-state index in [4.69, 9.17) is 9.47 Å². The fourth-order valence-corrected chi connectivity index (χ4v) is 4.96. The number of hydrogen-bond donors (Lipinski definition) is 2. The molecule has 2 aliphatic heterocycles. The largest absolute Gasteiger partial charge is 0.497 e. The molecule has 1 aromatic carbocycles. The lowest BCUT2D eigenvalue weighted by molar-refractivity contribution is -1.01. The third kappa shape index (κ3) is 4.56. The van der Waals surface area contributed by atoms with Crippen molar-refractivity contribution in [2.75, 3.05) is 53.1 Å². The molecule has 2 amide bonds. The van der Waals surface area contributed by atoms with Gasteiger partial charge in [-0.05, 0) is 37.1 Å². The molecule has 3 fully saturated rings. The van der Waals surface area contributed by atoms with E-state index in [2.05, 4.69) is 0 Å². The Morgan fingerprint density at radius 2 is 1.45 bits per heavy atom. The summed E-state index contributed by atoms with van der Waals surface area (Å²) in [7, 11) is 1.66. The number of imide groups is 1. The zero-order chi connectivity index (χ0) is 20.2. The van der Waals surface area contributed by atoms with E-state index in [1.54, 1.807) is 12.0 Å². The maximum absolute atomic E-state index is 12.7. The molecule has 2 heterocycles. The molecule has 1 aliphatic carbocycles. The second-order valence-electron chi connectivity index (χ2n) is 8.53. The number of rotatable bonds is 7. The molecule has 3 aliphatic rings. The van der Waals surface area contributed by atoms with E-state index in [1.807, 2.05) is 24.3 Å². The predicted molar refractivity (Wildman–Crippen MR) is 107 cm³/mol. The Balaban J connectivity index is 1.18. The standard InChI is InChI=1S/C22H31N3O4/c1-28-17-6-8-18(9-7-17)29-15-14-23-10-12-24(13-11-23)16-25-21(26)19-4-2-3-5-20(19)22(25)27/h6-9,19-20H,2-5,10-16H2,1H3/p+2/t19-,20-/m1/s1. The Hall–Kier alpha value is -2.12. The van der Waals surface area contributed by atoms with Crippen LogP contribution < -0.4 is 19.3 Å². The van der Waals surface area contributed by atoms with Gasteiger partial charge in [-0.25, -0.2) is 4.90 Å². The first-order chi connectivity index (χ1) is 14.2. The molecule has 2 saturated heterocycles. The van der Waals surface area contributed by atoms with Crippen LogP contribution in [0.4, 0.5) is 0 Å². The molecule has 4 rings (SSSR count). The lowest BCUT2D eigenvalue weighted by Gasteiger charge is -2.31. The maximum Gasteiger partial charge on any atom is 0.237 e. The number of carbonyl (C=O) groups is 2. The van der Waals surface area contributed by atoms with Crippen LogP contribution in [0.2, 0.25) is 0 Å². The lowest BCUT2D eigenvalue weighted by Crippen LogP contribution is -3.28. The monoisotopic (exact) mass is 403 g/mol. The van der Waals surface area contributed by atoms with Gasteiger partial charge in [-0.15, -0.1) is 0 Å². The highest BCUT2D eigenvalue weighted by atomic mass is 16.5. The van der Waals surface area contributed by atoms with E-state index in [1.165, 1.54) is 9.80 Å². The minimum absolute atomic E-state index is 0.0299. The van der Waals surface area contributed by atoms with Gasteiger partial charge in [0, 0.05) is 0 Å². The van der Waals surface area contributed by atoms with Gasteiger partial charge in [-0.3, -0.25) is 9.59 Å².